The first-order valence-electron chi connectivity index (χ1n) is 9.34. The van der Waals surface area contributed by atoms with Gasteiger partial charge in [-0.15, -0.1) is 0 Å². The van der Waals surface area contributed by atoms with Gasteiger partial charge in [-0.25, -0.2) is 18.5 Å². The molecule has 1 fully saturated rings. The lowest BCUT2D eigenvalue weighted by molar-refractivity contribution is -0.674. The van der Waals surface area contributed by atoms with Gasteiger partial charge in [-0.05, 0) is 36.8 Å². The zero-order chi connectivity index (χ0) is 21.0. The van der Waals surface area contributed by atoms with Crippen molar-refractivity contribution >= 4 is 27.5 Å². The van der Waals surface area contributed by atoms with E-state index in [0.717, 1.165) is 5.56 Å². The van der Waals surface area contributed by atoms with Crippen LogP contribution in [0.3, 0.4) is 0 Å². The molecule has 0 bridgehead atoms. The Morgan fingerprint density at radius 2 is 1.90 bits per heavy atom. The Hall–Kier alpha value is -2.75. The van der Waals surface area contributed by atoms with Gasteiger partial charge >= 0.3 is 0 Å². The number of sulfonamides is 1. The fraction of sp³-hybridized carbons (Fsp3) is 0.300. The second-order valence-electron chi connectivity index (χ2n) is 6.77. The third-order valence-electron chi connectivity index (χ3n) is 4.70. The van der Waals surface area contributed by atoms with Crippen molar-refractivity contribution in [1.29, 1.82) is 0 Å². The minimum atomic E-state index is -3.71. The zero-order valence-corrected chi connectivity index (χ0v) is 16.9. The predicted molar refractivity (Wildman–Crippen MR) is 107 cm³/mol. The number of nitrogens with two attached hydrogens (primary N) is 2. The molecule has 2 aromatic carbocycles. The zero-order valence-electron chi connectivity index (χ0n) is 16.1. The third kappa shape index (κ3) is 5.00. The molecule has 0 unspecified atom stereocenters. The second kappa shape index (κ2) is 8.73. The third-order valence-corrected chi connectivity index (χ3v) is 5.63. The summed E-state index contributed by atoms with van der Waals surface area (Å²) < 4.78 is 28.0. The largest absolute Gasteiger partial charge is 0.494 e. The summed E-state index contributed by atoms with van der Waals surface area (Å²) >= 11 is 0. The van der Waals surface area contributed by atoms with Crippen LogP contribution in [-0.4, -0.2) is 39.4 Å². The number of hydrogen-bond donors (Lipinski definition) is 2. The Morgan fingerprint density at radius 3 is 2.55 bits per heavy atom. The molecular weight excluding hydrogens is 394 g/mol. The summed E-state index contributed by atoms with van der Waals surface area (Å²) in [5.74, 6) is 0.136. The lowest BCUT2D eigenvalue weighted by Gasteiger charge is -2.15. The van der Waals surface area contributed by atoms with Crippen molar-refractivity contribution in [2.24, 2.45) is 5.14 Å². The Bertz CT molecular complexity index is 1010. The average molecular weight is 418 g/mol. The van der Waals surface area contributed by atoms with Crippen molar-refractivity contribution in [2.75, 3.05) is 18.1 Å². The highest BCUT2D eigenvalue weighted by molar-refractivity contribution is 7.89. The van der Waals surface area contributed by atoms with Crippen molar-refractivity contribution in [3.8, 4) is 5.75 Å². The summed E-state index contributed by atoms with van der Waals surface area (Å²) in [6, 6.07) is 12.8. The summed E-state index contributed by atoms with van der Waals surface area (Å²) in [7, 11) is -3.71. The van der Waals surface area contributed by atoms with E-state index in [0.29, 0.717) is 31.0 Å². The number of imide groups is 1. The van der Waals surface area contributed by atoms with E-state index in [4.69, 9.17) is 9.88 Å². The van der Waals surface area contributed by atoms with Crippen molar-refractivity contribution in [2.45, 2.75) is 30.7 Å². The number of rotatable bonds is 8. The van der Waals surface area contributed by atoms with E-state index < -0.39 is 16.1 Å². The number of anilines is 1. The highest BCUT2D eigenvalue weighted by Crippen LogP contribution is 2.25. The fourth-order valence-corrected chi connectivity index (χ4v) is 3.80. The molecule has 1 heterocycles. The Labute approximate surface area is 169 Å². The van der Waals surface area contributed by atoms with Crippen molar-refractivity contribution in [3.05, 3.63) is 54.1 Å². The van der Waals surface area contributed by atoms with E-state index in [2.05, 4.69) is 0 Å². The smallest absolute Gasteiger partial charge is 0.292 e. The molecule has 1 aliphatic rings. The normalized spacial score (nSPS) is 17.0. The van der Waals surface area contributed by atoms with Crippen LogP contribution in [0.25, 0.3) is 0 Å². The minimum Gasteiger partial charge on any atom is -0.494 e. The topological polar surface area (TPSA) is 123 Å². The fourth-order valence-electron chi connectivity index (χ4n) is 3.29. The van der Waals surface area contributed by atoms with Crippen LogP contribution in [0.15, 0.2) is 53.4 Å². The van der Waals surface area contributed by atoms with Crippen LogP contribution in [0, 0.1) is 0 Å². The van der Waals surface area contributed by atoms with E-state index in [9.17, 15) is 18.0 Å². The number of primary sulfonamides is 1. The van der Waals surface area contributed by atoms with Crippen LogP contribution in [-0.2, 0) is 26.0 Å². The van der Waals surface area contributed by atoms with E-state index in [1.54, 1.807) is 36.4 Å². The van der Waals surface area contributed by atoms with Crippen LogP contribution in [0.2, 0.25) is 0 Å². The molecule has 3 rings (SSSR count). The molecule has 9 heteroatoms. The Kier molecular flexibility index (Phi) is 6.31. The number of nitrogens with zero attached hydrogens (tertiary/aromatic N) is 1. The van der Waals surface area contributed by atoms with Gasteiger partial charge in [0, 0.05) is 12.5 Å². The SMILES string of the molecule is CCOc1cccc(N2C(=O)C[C@@H]([NH2+]CCc3ccc(S(N)(=O)=O)cc3)C2=O)c1. The molecule has 1 saturated heterocycles. The van der Waals surface area contributed by atoms with Crippen LogP contribution in [0.5, 0.6) is 5.75 Å². The molecule has 0 saturated carbocycles. The number of benzene rings is 2. The molecule has 1 aliphatic heterocycles. The first-order chi connectivity index (χ1) is 13.8. The van der Waals surface area contributed by atoms with Crippen LogP contribution in [0.4, 0.5) is 5.69 Å². The van der Waals surface area contributed by atoms with Gasteiger partial charge in [0.05, 0.1) is 30.2 Å². The van der Waals surface area contributed by atoms with E-state index in [-0.39, 0.29) is 23.1 Å². The van der Waals surface area contributed by atoms with E-state index in [1.165, 1.54) is 17.0 Å². The molecular formula is C20H24N3O5S+. The van der Waals surface area contributed by atoms with Gasteiger partial charge in [-0.1, -0.05) is 18.2 Å². The molecule has 0 spiro atoms. The van der Waals surface area contributed by atoms with Crippen LogP contribution >= 0.6 is 0 Å². The maximum atomic E-state index is 12.7. The second-order valence-corrected chi connectivity index (χ2v) is 8.33. The lowest BCUT2D eigenvalue weighted by atomic mass is 10.1. The number of ether oxygens (including phenoxy) is 1. The van der Waals surface area contributed by atoms with Gasteiger partial charge in [-0.2, -0.15) is 0 Å². The maximum absolute atomic E-state index is 12.7. The molecule has 1 atom stereocenters. The minimum absolute atomic E-state index is 0.0618. The first kappa shape index (κ1) is 21.0. The summed E-state index contributed by atoms with van der Waals surface area (Å²) in [6.07, 6.45) is 0.769. The first-order valence-corrected chi connectivity index (χ1v) is 10.9. The number of quaternary nitrogens is 1. The molecule has 8 nitrogen and oxygen atoms in total. The average Bonchev–Trinajstić information content (AvgIpc) is 2.95. The van der Waals surface area contributed by atoms with Gasteiger partial charge in [0.1, 0.15) is 5.75 Å². The summed E-state index contributed by atoms with van der Waals surface area (Å²) in [5.41, 5.74) is 1.44. The quantitative estimate of drug-likeness (QED) is 0.592. The highest BCUT2D eigenvalue weighted by atomic mass is 32.2. The molecule has 29 heavy (non-hydrogen) atoms. The van der Waals surface area contributed by atoms with Gasteiger partial charge in [0.2, 0.25) is 15.9 Å². The van der Waals surface area contributed by atoms with Crippen molar-refractivity contribution < 1.29 is 28.1 Å². The van der Waals surface area contributed by atoms with Crippen LogP contribution in [0.1, 0.15) is 18.9 Å². The molecule has 0 aromatic heterocycles. The van der Waals surface area contributed by atoms with Gasteiger partial charge in [-0.3, -0.25) is 9.59 Å². The van der Waals surface area contributed by atoms with Gasteiger partial charge in [0.15, 0.2) is 6.04 Å². The van der Waals surface area contributed by atoms with E-state index in [1.807, 2.05) is 12.2 Å². The van der Waals surface area contributed by atoms with Crippen LogP contribution < -0.4 is 20.1 Å². The molecule has 4 N–H and O–H groups in total. The van der Waals surface area contributed by atoms with Gasteiger partial charge < -0.3 is 10.1 Å². The monoisotopic (exact) mass is 418 g/mol. The van der Waals surface area contributed by atoms with Crippen molar-refractivity contribution in [1.82, 2.24) is 0 Å². The summed E-state index contributed by atoms with van der Waals surface area (Å²) in [5, 5.41) is 6.94. The summed E-state index contributed by atoms with van der Waals surface area (Å²) in [6.45, 7) is 2.96. The molecule has 0 radical (unpaired) electrons. The Morgan fingerprint density at radius 1 is 1.17 bits per heavy atom. The highest BCUT2D eigenvalue weighted by Gasteiger charge is 2.42. The molecule has 2 amide bonds. The number of hydrogen-bond acceptors (Lipinski definition) is 5. The van der Waals surface area contributed by atoms with E-state index >= 15 is 0 Å². The molecule has 2 aromatic rings. The molecule has 154 valence electrons. The number of carbonyl (C=O) groups excluding carboxylic acids is 2. The predicted octanol–water partition coefficient (Wildman–Crippen LogP) is 0.171. The summed E-state index contributed by atoms with van der Waals surface area (Å²) in [4.78, 5) is 26.4. The lowest BCUT2D eigenvalue weighted by Crippen LogP contribution is -2.92. The molecule has 0 aliphatic carbocycles. The number of carbonyl (C=O) groups is 2. The Balaban J connectivity index is 1.59. The van der Waals surface area contributed by atoms with Gasteiger partial charge in [0.25, 0.3) is 5.91 Å². The standard InChI is InChI=1S/C20H23N3O5S/c1-2-28-16-5-3-4-15(12-16)23-19(24)13-18(20(23)25)22-11-10-14-6-8-17(9-7-14)29(21,26)27/h3-9,12,18,22H,2,10-11,13H2,1H3,(H2,21,26,27)/p+1/t18-/m1/s1. The number of amides is 2. The maximum Gasteiger partial charge on any atom is 0.292 e. The van der Waals surface area contributed by atoms with Crippen molar-refractivity contribution in [3.63, 3.8) is 0 Å².